The number of rotatable bonds is 9. The highest BCUT2D eigenvalue weighted by molar-refractivity contribution is 6.39. The molecule has 0 aliphatic heterocycles. The number of hydrogen-bond acceptors (Lipinski definition) is 6. The van der Waals surface area contributed by atoms with Crippen LogP contribution < -0.4 is 4.74 Å². The molecule has 8 nitrogen and oxygen atoms in total. The topological polar surface area (TPSA) is 111 Å². The van der Waals surface area contributed by atoms with Crippen molar-refractivity contribution in [3.05, 3.63) is 85.8 Å². The molecule has 2 heterocycles. The highest BCUT2D eigenvalue weighted by atomic mass is 35.5. The Morgan fingerprint density at radius 1 is 1.07 bits per heavy atom. The molecular formula is C29H26Cl3N3O5. The van der Waals surface area contributed by atoms with Crippen LogP contribution in [0.25, 0.3) is 11.3 Å². The van der Waals surface area contributed by atoms with Gasteiger partial charge in [0.25, 0.3) is 0 Å². The summed E-state index contributed by atoms with van der Waals surface area (Å²) in [5.41, 5.74) is 3.06. The molecule has 4 aromatic rings. The van der Waals surface area contributed by atoms with Gasteiger partial charge >= 0.3 is 5.97 Å². The highest BCUT2D eigenvalue weighted by Crippen LogP contribution is 2.57. The second kappa shape index (κ2) is 10.4. The first-order chi connectivity index (χ1) is 19.1. The Kier molecular flexibility index (Phi) is 7.07. The van der Waals surface area contributed by atoms with E-state index in [1.807, 2.05) is 19.9 Å². The van der Waals surface area contributed by atoms with Crippen LogP contribution >= 0.6 is 34.8 Å². The summed E-state index contributed by atoms with van der Waals surface area (Å²) in [6, 6.07) is 12.1. The van der Waals surface area contributed by atoms with E-state index < -0.39 is 12.3 Å². The average Bonchev–Trinajstić information content (AvgIpc) is 3.81. The van der Waals surface area contributed by atoms with E-state index in [9.17, 15) is 15.0 Å². The van der Waals surface area contributed by atoms with Crippen molar-refractivity contribution in [3.8, 4) is 17.0 Å². The lowest BCUT2D eigenvalue weighted by Crippen LogP contribution is -2.09. The summed E-state index contributed by atoms with van der Waals surface area (Å²) in [4.78, 5) is 11.5. The van der Waals surface area contributed by atoms with Crippen molar-refractivity contribution in [2.24, 2.45) is 0 Å². The van der Waals surface area contributed by atoms with Crippen LogP contribution in [0.3, 0.4) is 0 Å². The molecule has 0 amide bonds. The van der Waals surface area contributed by atoms with Gasteiger partial charge in [-0.1, -0.05) is 52.1 Å². The van der Waals surface area contributed by atoms with E-state index in [1.54, 1.807) is 41.1 Å². The second-order valence-electron chi connectivity index (χ2n) is 10.6. The van der Waals surface area contributed by atoms with Crippen molar-refractivity contribution in [1.82, 2.24) is 14.9 Å². The van der Waals surface area contributed by atoms with Crippen LogP contribution in [-0.2, 0) is 0 Å². The summed E-state index contributed by atoms with van der Waals surface area (Å²) in [5, 5.41) is 30.4. The normalized spacial score (nSPS) is 19.2. The Morgan fingerprint density at radius 2 is 1.80 bits per heavy atom. The maximum absolute atomic E-state index is 11.5. The summed E-state index contributed by atoms with van der Waals surface area (Å²) in [6.07, 6.45) is 1.29. The van der Waals surface area contributed by atoms with Crippen molar-refractivity contribution in [2.75, 3.05) is 0 Å². The van der Waals surface area contributed by atoms with Gasteiger partial charge in [0.1, 0.15) is 17.2 Å². The molecule has 2 aromatic heterocycles. The Morgan fingerprint density at radius 3 is 2.42 bits per heavy atom. The largest absolute Gasteiger partial charge is 0.476 e. The first-order valence-electron chi connectivity index (χ1n) is 13.0. The smallest absolute Gasteiger partial charge is 0.356 e. The second-order valence-corrected chi connectivity index (χ2v) is 11.8. The fourth-order valence-corrected chi connectivity index (χ4v) is 6.12. The molecule has 2 aromatic carbocycles. The minimum atomic E-state index is -1.39. The van der Waals surface area contributed by atoms with E-state index >= 15 is 0 Å². The number of aliphatic hydroxyl groups is 1. The molecule has 0 radical (unpaired) electrons. The van der Waals surface area contributed by atoms with Gasteiger partial charge in [-0.2, -0.15) is 5.10 Å². The molecule has 6 rings (SSSR count). The van der Waals surface area contributed by atoms with Gasteiger partial charge in [-0.3, -0.25) is 4.68 Å². The summed E-state index contributed by atoms with van der Waals surface area (Å²) in [6.45, 7) is 3.94. The highest BCUT2D eigenvalue weighted by Gasteiger charge is 2.44. The van der Waals surface area contributed by atoms with Gasteiger partial charge in [0, 0.05) is 34.2 Å². The van der Waals surface area contributed by atoms with Crippen LogP contribution in [0, 0.1) is 0 Å². The zero-order valence-electron chi connectivity index (χ0n) is 21.6. The molecule has 2 aliphatic carbocycles. The molecule has 208 valence electrons. The van der Waals surface area contributed by atoms with Gasteiger partial charge in [0.15, 0.2) is 5.69 Å². The molecular weight excluding hydrogens is 577 g/mol. The van der Waals surface area contributed by atoms with Gasteiger partial charge in [-0.15, -0.1) is 0 Å². The summed E-state index contributed by atoms with van der Waals surface area (Å²) in [5.74, 6) is 0.264. The molecule has 40 heavy (non-hydrogen) atoms. The van der Waals surface area contributed by atoms with Crippen LogP contribution in [0.5, 0.6) is 5.75 Å². The molecule has 3 atom stereocenters. The third kappa shape index (κ3) is 4.98. The van der Waals surface area contributed by atoms with Crippen LogP contribution in [0.15, 0.2) is 47.0 Å². The van der Waals surface area contributed by atoms with Crippen LogP contribution in [0.4, 0.5) is 0 Å². The Bertz CT molecular complexity index is 1590. The first-order valence-corrected chi connectivity index (χ1v) is 14.2. The predicted octanol–water partition coefficient (Wildman–Crippen LogP) is 8.00. The quantitative estimate of drug-likeness (QED) is 0.187. The van der Waals surface area contributed by atoms with E-state index in [1.165, 1.54) is 0 Å². The zero-order chi connectivity index (χ0) is 28.3. The summed E-state index contributed by atoms with van der Waals surface area (Å²) < 4.78 is 13.4. The summed E-state index contributed by atoms with van der Waals surface area (Å²) >= 11 is 19.6. The van der Waals surface area contributed by atoms with Gasteiger partial charge in [-0.25, -0.2) is 4.79 Å². The number of carbonyl (C=O) groups is 1. The molecule has 3 unspecified atom stereocenters. The third-order valence-electron chi connectivity index (χ3n) is 7.41. The standard InChI is InChI=1S/C29H26Cl3N3O5/c1-13(2)35-23(12-22(33-35)28(36)37)18-11-17(18)16-9-8-15(10-21(16)32)39-29(38)25-26(34-40-27(25)14-6-7-14)24-19(30)4-3-5-20(24)31/h3-5,8-10,12-14,17-18,29,38H,6-7,11H2,1-2H3,(H,36,37). The number of aromatic nitrogens is 3. The maximum atomic E-state index is 11.5. The van der Waals surface area contributed by atoms with Crippen molar-refractivity contribution in [1.29, 1.82) is 0 Å². The fourth-order valence-electron chi connectivity index (χ4n) is 5.23. The lowest BCUT2D eigenvalue weighted by molar-refractivity contribution is -0.0203. The van der Waals surface area contributed by atoms with E-state index in [0.717, 1.165) is 30.5 Å². The lowest BCUT2D eigenvalue weighted by Gasteiger charge is -2.16. The number of aliphatic hydroxyl groups excluding tert-OH is 1. The van der Waals surface area contributed by atoms with Crippen molar-refractivity contribution in [2.45, 2.75) is 63.2 Å². The van der Waals surface area contributed by atoms with Gasteiger partial charge < -0.3 is 19.5 Å². The predicted molar refractivity (Wildman–Crippen MR) is 151 cm³/mol. The van der Waals surface area contributed by atoms with E-state index in [2.05, 4.69) is 10.3 Å². The third-order valence-corrected chi connectivity index (χ3v) is 8.37. The molecule has 11 heteroatoms. The van der Waals surface area contributed by atoms with Crippen LogP contribution in [0.2, 0.25) is 15.1 Å². The first kappa shape index (κ1) is 27.1. The number of benzene rings is 2. The van der Waals surface area contributed by atoms with Crippen molar-refractivity contribution in [3.63, 3.8) is 0 Å². The Hall–Kier alpha value is -3.04. The average molecular weight is 603 g/mol. The number of nitrogens with zero attached hydrogens (tertiary/aromatic N) is 3. The van der Waals surface area contributed by atoms with E-state index in [0.29, 0.717) is 43.4 Å². The van der Waals surface area contributed by atoms with Crippen molar-refractivity contribution < 1.29 is 24.3 Å². The molecule has 2 saturated carbocycles. The maximum Gasteiger partial charge on any atom is 0.356 e. The van der Waals surface area contributed by atoms with Crippen LogP contribution in [0.1, 0.15) is 96.3 Å². The monoisotopic (exact) mass is 601 g/mol. The van der Waals surface area contributed by atoms with Gasteiger partial charge in [0.05, 0.1) is 15.6 Å². The molecule has 0 bridgehead atoms. The van der Waals surface area contributed by atoms with Gasteiger partial charge in [0.2, 0.25) is 6.29 Å². The number of aromatic carboxylic acids is 1. The Labute approximate surface area is 245 Å². The number of carboxylic acids is 1. The summed E-state index contributed by atoms with van der Waals surface area (Å²) in [7, 11) is 0. The molecule has 2 aliphatic rings. The molecule has 2 fully saturated rings. The zero-order valence-corrected chi connectivity index (χ0v) is 23.9. The SMILES string of the molecule is CC(C)n1nc(C(=O)O)cc1C1CC1c1ccc(OC(O)c2c(-c3c(Cl)cccc3Cl)noc2C2CC2)cc1Cl. The number of carboxylic acid groups (broad SMARTS) is 1. The fraction of sp³-hybridized carbons (Fsp3) is 0.345. The molecule has 0 saturated heterocycles. The van der Waals surface area contributed by atoms with E-state index in [4.69, 9.17) is 44.1 Å². The van der Waals surface area contributed by atoms with E-state index in [-0.39, 0.29) is 29.5 Å². The van der Waals surface area contributed by atoms with Gasteiger partial charge in [-0.05, 0) is 74.9 Å². The molecule has 0 spiro atoms. The van der Waals surface area contributed by atoms with Crippen molar-refractivity contribution >= 4 is 40.8 Å². The number of ether oxygens (including phenoxy) is 1. The van der Waals surface area contributed by atoms with Crippen LogP contribution in [-0.4, -0.2) is 31.1 Å². The number of halogens is 3. The Balaban J connectivity index is 1.25. The minimum absolute atomic E-state index is 0.0283. The molecule has 2 N–H and O–H groups in total. The minimum Gasteiger partial charge on any atom is -0.476 e. The lowest BCUT2D eigenvalue weighted by atomic mass is 10.0. The number of hydrogen-bond donors (Lipinski definition) is 2.